The van der Waals surface area contributed by atoms with Gasteiger partial charge in [-0.15, -0.1) is 0 Å². The van der Waals surface area contributed by atoms with Crippen molar-refractivity contribution >= 4 is 12.0 Å². The maximum absolute atomic E-state index is 11.7. The summed E-state index contributed by atoms with van der Waals surface area (Å²) in [5.41, 5.74) is 0. The molecule has 0 radical (unpaired) electrons. The van der Waals surface area contributed by atoms with Gasteiger partial charge in [0.05, 0.1) is 19.4 Å². The maximum atomic E-state index is 11.7. The highest BCUT2D eigenvalue weighted by Crippen LogP contribution is 2.21. The molecular formula is C14H18NO3+. The first-order valence-electron chi connectivity index (χ1n) is 6.57. The standard InChI is InChI=1S/C14H17NO3/c16-14(4-3-12-2-1-9-17-12)18-13-10-15-7-5-11(13)6-8-15/h1-4,9,11,13H,5-8,10H2/p+1. The summed E-state index contributed by atoms with van der Waals surface area (Å²) in [6, 6.07) is 3.60. The largest absolute Gasteiger partial charge is 0.465 e. The summed E-state index contributed by atoms with van der Waals surface area (Å²) in [5, 5.41) is 0. The fraction of sp³-hybridized carbons (Fsp3) is 0.500. The molecule has 3 aliphatic rings. The van der Waals surface area contributed by atoms with Crippen LogP contribution < -0.4 is 4.90 Å². The molecule has 1 N–H and O–H groups in total. The number of carbonyl (C=O) groups is 1. The Kier molecular flexibility index (Phi) is 3.19. The molecule has 1 atom stereocenters. The Bertz CT molecular complexity index is 430. The van der Waals surface area contributed by atoms with Crippen molar-refractivity contribution in [2.45, 2.75) is 18.9 Å². The second-order valence-corrected chi connectivity index (χ2v) is 5.12. The van der Waals surface area contributed by atoms with E-state index in [4.69, 9.17) is 9.15 Å². The van der Waals surface area contributed by atoms with Crippen molar-refractivity contribution < 1.29 is 18.8 Å². The number of quaternary nitrogens is 1. The van der Waals surface area contributed by atoms with Crippen LogP contribution >= 0.6 is 0 Å². The predicted molar refractivity (Wildman–Crippen MR) is 65.9 cm³/mol. The van der Waals surface area contributed by atoms with E-state index in [1.165, 1.54) is 32.0 Å². The number of furan rings is 1. The Balaban J connectivity index is 1.55. The quantitative estimate of drug-likeness (QED) is 0.626. The minimum absolute atomic E-state index is 0.108. The third-order valence-corrected chi connectivity index (χ3v) is 3.95. The van der Waals surface area contributed by atoms with Gasteiger partial charge < -0.3 is 14.1 Å². The van der Waals surface area contributed by atoms with Crippen molar-refractivity contribution in [1.82, 2.24) is 0 Å². The lowest BCUT2D eigenvalue weighted by Gasteiger charge is -2.40. The van der Waals surface area contributed by atoms with Gasteiger partial charge in [0.15, 0.2) is 6.10 Å². The van der Waals surface area contributed by atoms with Crippen molar-refractivity contribution in [3.8, 4) is 0 Å². The van der Waals surface area contributed by atoms with Gasteiger partial charge in [0, 0.05) is 24.8 Å². The molecule has 3 saturated heterocycles. The number of hydrogen-bond donors (Lipinski definition) is 1. The van der Waals surface area contributed by atoms with Gasteiger partial charge in [0.1, 0.15) is 12.3 Å². The van der Waals surface area contributed by atoms with E-state index in [0.717, 1.165) is 6.54 Å². The van der Waals surface area contributed by atoms with Crippen LogP contribution in [0.3, 0.4) is 0 Å². The van der Waals surface area contributed by atoms with Crippen molar-refractivity contribution in [2.24, 2.45) is 5.92 Å². The van der Waals surface area contributed by atoms with Crippen LogP contribution in [0.25, 0.3) is 6.08 Å². The van der Waals surface area contributed by atoms with Gasteiger partial charge in [0.25, 0.3) is 0 Å². The highest BCUT2D eigenvalue weighted by atomic mass is 16.5. The number of hydrogen-bond acceptors (Lipinski definition) is 3. The lowest BCUT2D eigenvalue weighted by atomic mass is 9.86. The lowest BCUT2D eigenvalue weighted by molar-refractivity contribution is -0.920. The monoisotopic (exact) mass is 248 g/mol. The van der Waals surface area contributed by atoms with Gasteiger partial charge in [-0.25, -0.2) is 4.79 Å². The first kappa shape index (κ1) is 11.5. The van der Waals surface area contributed by atoms with E-state index < -0.39 is 0 Å². The third-order valence-electron chi connectivity index (χ3n) is 3.95. The Hall–Kier alpha value is -1.55. The van der Waals surface area contributed by atoms with Gasteiger partial charge in [-0.3, -0.25) is 0 Å². The second-order valence-electron chi connectivity index (χ2n) is 5.12. The molecule has 4 heteroatoms. The summed E-state index contributed by atoms with van der Waals surface area (Å²) >= 11 is 0. The summed E-state index contributed by atoms with van der Waals surface area (Å²) in [6.07, 6.45) is 7.17. The van der Waals surface area contributed by atoms with Gasteiger partial charge >= 0.3 is 5.97 Å². The molecule has 1 aromatic heterocycles. The SMILES string of the molecule is O=C(C=Cc1ccco1)OC1C[NH+]2CCC1CC2. The van der Waals surface area contributed by atoms with Crippen molar-refractivity contribution in [2.75, 3.05) is 19.6 Å². The molecule has 1 unspecified atom stereocenters. The average Bonchev–Trinajstić information content (AvgIpc) is 2.91. The summed E-state index contributed by atoms with van der Waals surface area (Å²) in [5.74, 6) is 0.986. The Labute approximate surface area is 106 Å². The molecule has 2 bridgehead atoms. The number of piperidine rings is 3. The van der Waals surface area contributed by atoms with Crippen molar-refractivity contribution in [3.63, 3.8) is 0 Å². The molecule has 3 fully saturated rings. The number of carbonyl (C=O) groups excluding carboxylic acids is 1. The molecule has 96 valence electrons. The summed E-state index contributed by atoms with van der Waals surface area (Å²) in [6.45, 7) is 3.45. The molecule has 0 amide bonds. The molecular weight excluding hydrogens is 230 g/mol. The molecule has 0 spiro atoms. The highest BCUT2D eigenvalue weighted by Gasteiger charge is 2.39. The van der Waals surface area contributed by atoms with E-state index in [9.17, 15) is 4.79 Å². The third kappa shape index (κ3) is 2.48. The minimum atomic E-state index is -0.260. The Morgan fingerprint density at radius 2 is 2.28 bits per heavy atom. The molecule has 0 aromatic carbocycles. The summed E-state index contributed by atoms with van der Waals surface area (Å²) in [7, 11) is 0. The fourth-order valence-corrected chi connectivity index (χ4v) is 2.94. The van der Waals surface area contributed by atoms with E-state index >= 15 is 0 Å². The minimum Gasteiger partial charge on any atom is -0.465 e. The van der Waals surface area contributed by atoms with Crippen LogP contribution in [0.15, 0.2) is 28.9 Å². The number of ether oxygens (including phenoxy) is 1. The van der Waals surface area contributed by atoms with Crippen LogP contribution in [0.1, 0.15) is 18.6 Å². The predicted octanol–water partition coefficient (Wildman–Crippen LogP) is 0.513. The number of nitrogens with one attached hydrogen (secondary N) is 1. The molecule has 0 saturated carbocycles. The lowest BCUT2D eigenvalue weighted by Crippen LogP contribution is -3.16. The van der Waals surface area contributed by atoms with Gasteiger partial charge in [-0.05, 0) is 18.2 Å². The average molecular weight is 248 g/mol. The smallest absolute Gasteiger partial charge is 0.331 e. The fourth-order valence-electron chi connectivity index (χ4n) is 2.94. The van der Waals surface area contributed by atoms with Gasteiger partial charge in [0.2, 0.25) is 0 Å². The molecule has 0 aliphatic carbocycles. The van der Waals surface area contributed by atoms with E-state index in [2.05, 4.69) is 0 Å². The maximum Gasteiger partial charge on any atom is 0.331 e. The zero-order chi connectivity index (χ0) is 12.4. The Morgan fingerprint density at radius 3 is 2.89 bits per heavy atom. The van der Waals surface area contributed by atoms with Crippen LogP contribution in [0, 0.1) is 5.92 Å². The molecule has 3 aliphatic heterocycles. The molecule has 4 heterocycles. The van der Waals surface area contributed by atoms with E-state index in [1.54, 1.807) is 23.3 Å². The summed E-state index contributed by atoms with van der Waals surface area (Å²) < 4.78 is 10.7. The van der Waals surface area contributed by atoms with E-state index in [1.807, 2.05) is 6.07 Å². The van der Waals surface area contributed by atoms with E-state index in [0.29, 0.717) is 11.7 Å². The van der Waals surface area contributed by atoms with Crippen LogP contribution in [0.4, 0.5) is 0 Å². The molecule has 4 rings (SSSR count). The Morgan fingerprint density at radius 1 is 1.44 bits per heavy atom. The topological polar surface area (TPSA) is 43.9 Å². The van der Waals surface area contributed by atoms with Crippen LogP contribution in [-0.2, 0) is 9.53 Å². The van der Waals surface area contributed by atoms with Crippen molar-refractivity contribution in [1.29, 1.82) is 0 Å². The summed E-state index contributed by atoms with van der Waals surface area (Å²) in [4.78, 5) is 13.3. The zero-order valence-electron chi connectivity index (χ0n) is 10.3. The highest BCUT2D eigenvalue weighted by molar-refractivity contribution is 5.86. The van der Waals surface area contributed by atoms with E-state index in [-0.39, 0.29) is 12.1 Å². The molecule has 4 nitrogen and oxygen atoms in total. The first-order chi connectivity index (χ1) is 8.81. The van der Waals surface area contributed by atoms with Gasteiger partial charge in [-0.1, -0.05) is 0 Å². The van der Waals surface area contributed by atoms with Crippen LogP contribution in [0.2, 0.25) is 0 Å². The van der Waals surface area contributed by atoms with Crippen molar-refractivity contribution in [3.05, 3.63) is 30.2 Å². The van der Waals surface area contributed by atoms with Gasteiger partial charge in [-0.2, -0.15) is 0 Å². The molecule has 18 heavy (non-hydrogen) atoms. The van der Waals surface area contributed by atoms with Crippen LogP contribution in [0.5, 0.6) is 0 Å². The zero-order valence-corrected chi connectivity index (χ0v) is 10.3. The second kappa shape index (κ2) is 4.98. The molecule has 1 aromatic rings. The number of fused-ring (bicyclic) bond motifs is 3. The number of rotatable bonds is 3. The normalized spacial score (nSPS) is 30.8. The number of esters is 1. The van der Waals surface area contributed by atoms with Crippen LogP contribution in [-0.4, -0.2) is 31.7 Å². The first-order valence-corrected chi connectivity index (χ1v) is 6.57.